The van der Waals surface area contributed by atoms with Crippen LogP contribution in [-0.2, 0) is 11.2 Å². The Kier molecular flexibility index (Phi) is 6.96. The molecular weight excluding hydrogens is 324 g/mol. The van der Waals surface area contributed by atoms with E-state index in [9.17, 15) is 9.59 Å². The molecule has 0 aromatic heterocycles. The Morgan fingerprint density at radius 3 is 2.04 bits per heavy atom. The Hall–Kier alpha value is -2.62. The van der Waals surface area contributed by atoms with Crippen molar-refractivity contribution in [3.63, 3.8) is 0 Å². The summed E-state index contributed by atoms with van der Waals surface area (Å²) in [5.41, 5.74) is 2.78. The molecule has 0 saturated carbocycles. The van der Waals surface area contributed by atoms with E-state index in [0.29, 0.717) is 5.56 Å². The Bertz CT molecular complexity index is 724. The zero-order valence-corrected chi connectivity index (χ0v) is 16.0. The van der Waals surface area contributed by atoms with Crippen molar-refractivity contribution in [2.24, 2.45) is 5.92 Å². The summed E-state index contributed by atoms with van der Waals surface area (Å²) in [5, 5.41) is 5.87. The zero-order valence-electron chi connectivity index (χ0n) is 16.0. The van der Waals surface area contributed by atoms with Crippen molar-refractivity contribution in [2.75, 3.05) is 0 Å². The standard InChI is InChI=1S/C22H28N2O2/c1-5-17-11-13-19(14-12-17)21(25)24-20(15(2)3)22(26)23-16(4)18-9-7-6-8-10-18/h6-16,20H,5H2,1-4H3,(H,23,26)(H,24,25)/t16-,20-/m0/s1. The van der Waals surface area contributed by atoms with Crippen LogP contribution in [0.4, 0.5) is 0 Å². The normalized spacial score (nSPS) is 13.1. The Morgan fingerprint density at radius 2 is 1.50 bits per heavy atom. The van der Waals surface area contributed by atoms with Gasteiger partial charge in [0, 0.05) is 5.56 Å². The maximum absolute atomic E-state index is 12.7. The minimum Gasteiger partial charge on any atom is -0.348 e. The van der Waals surface area contributed by atoms with E-state index < -0.39 is 6.04 Å². The van der Waals surface area contributed by atoms with Crippen LogP contribution in [0.25, 0.3) is 0 Å². The van der Waals surface area contributed by atoms with E-state index in [1.807, 2.05) is 63.2 Å². The van der Waals surface area contributed by atoms with Crippen LogP contribution >= 0.6 is 0 Å². The number of carbonyl (C=O) groups excluding carboxylic acids is 2. The molecule has 2 atom stereocenters. The van der Waals surface area contributed by atoms with Crippen molar-refractivity contribution in [2.45, 2.75) is 46.2 Å². The minimum absolute atomic E-state index is 0.0168. The van der Waals surface area contributed by atoms with Gasteiger partial charge in [0.15, 0.2) is 0 Å². The number of hydrogen-bond acceptors (Lipinski definition) is 2. The first kappa shape index (κ1) is 19.7. The highest BCUT2D eigenvalue weighted by atomic mass is 16.2. The highest BCUT2D eigenvalue weighted by Crippen LogP contribution is 2.13. The SMILES string of the molecule is CCc1ccc(C(=O)N[C@H](C(=O)N[C@@H](C)c2ccccc2)C(C)C)cc1. The third kappa shape index (κ3) is 5.19. The van der Waals surface area contributed by atoms with Gasteiger partial charge in [0.1, 0.15) is 6.04 Å². The average Bonchev–Trinajstić information content (AvgIpc) is 2.66. The second-order valence-corrected chi connectivity index (χ2v) is 6.89. The Morgan fingerprint density at radius 1 is 0.885 bits per heavy atom. The number of carbonyl (C=O) groups is 2. The van der Waals surface area contributed by atoms with Crippen molar-refractivity contribution >= 4 is 11.8 Å². The van der Waals surface area contributed by atoms with Gasteiger partial charge in [-0.3, -0.25) is 9.59 Å². The molecule has 0 unspecified atom stereocenters. The van der Waals surface area contributed by atoms with Crippen LogP contribution in [0.3, 0.4) is 0 Å². The molecule has 0 aliphatic rings. The summed E-state index contributed by atoms with van der Waals surface area (Å²) >= 11 is 0. The lowest BCUT2D eigenvalue weighted by atomic mass is 10.0. The lowest BCUT2D eigenvalue weighted by Gasteiger charge is -2.24. The van der Waals surface area contributed by atoms with Crippen LogP contribution in [0.2, 0.25) is 0 Å². The van der Waals surface area contributed by atoms with Crippen molar-refractivity contribution in [3.8, 4) is 0 Å². The van der Waals surface area contributed by atoms with E-state index in [1.165, 1.54) is 5.56 Å². The van der Waals surface area contributed by atoms with Gasteiger partial charge in [-0.05, 0) is 42.5 Å². The van der Waals surface area contributed by atoms with Gasteiger partial charge in [-0.25, -0.2) is 0 Å². The molecule has 0 aliphatic heterocycles. The zero-order chi connectivity index (χ0) is 19.1. The number of aryl methyl sites for hydroxylation is 1. The van der Waals surface area contributed by atoms with Gasteiger partial charge in [-0.2, -0.15) is 0 Å². The van der Waals surface area contributed by atoms with Crippen LogP contribution in [0.1, 0.15) is 55.2 Å². The van der Waals surface area contributed by atoms with Gasteiger partial charge in [0.25, 0.3) is 5.91 Å². The molecule has 2 N–H and O–H groups in total. The molecule has 2 rings (SSSR count). The van der Waals surface area contributed by atoms with E-state index in [4.69, 9.17) is 0 Å². The topological polar surface area (TPSA) is 58.2 Å². The monoisotopic (exact) mass is 352 g/mol. The summed E-state index contributed by atoms with van der Waals surface area (Å²) in [5.74, 6) is -0.416. The number of nitrogens with one attached hydrogen (secondary N) is 2. The Balaban J connectivity index is 2.04. The molecule has 2 aromatic carbocycles. The molecule has 0 bridgehead atoms. The lowest BCUT2D eigenvalue weighted by molar-refractivity contribution is -0.124. The second kappa shape index (κ2) is 9.18. The molecule has 0 aliphatic carbocycles. The number of amides is 2. The summed E-state index contributed by atoms with van der Waals surface area (Å²) in [6, 6.07) is 16.6. The van der Waals surface area contributed by atoms with Crippen molar-refractivity contribution in [1.29, 1.82) is 0 Å². The number of rotatable bonds is 7. The molecule has 4 nitrogen and oxygen atoms in total. The number of benzene rings is 2. The summed E-state index contributed by atoms with van der Waals surface area (Å²) in [7, 11) is 0. The maximum Gasteiger partial charge on any atom is 0.251 e. The van der Waals surface area contributed by atoms with Crippen molar-refractivity contribution < 1.29 is 9.59 Å². The minimum atomic E-state index is -0.584. The maximum atomic E-state index is 12.7. The van der Waals surface area contributed by atoms with Gasteiger partial charge in [-0.1, -0.05) is 63.2 Å². The van der Waals surface area contributed by atoms with Crippen LogP contribution in [0, 0.1) is 5.92 Å². The molecule has 2 aromatic rings. The molecule has 0 saturated heterocycles. The van der Waals surface area contributed by atoms with Crippen molar-refractivity contribution in [1.82, 2.24) is 10.6 Å². The largest absolute Gasteiger partial charge is 0.348 e. The molecule has 0 heterocycles. The third-order valence-electron chi connectivity index (χ3n) is 4.52. The van der Waals surface area contributed by atoms with Gasteiger partial charge < -0.3 is 10.6 Å². The predicted octanol–water partition coefficient (Wildman–Crippen LogP) is 3.88. The molecular formula is C22H28N2O2. The molecule has 26 heavy (non-hydrogen) atoms. The third-order valence-corrected chi connectivity index (χ3v) is 4.52. The fourth-order valence-corrected chi connectivity index (χ4v) is 2.78. The molecule has 2 amide bonds. The van der Waals surface area contributed by atoms with E-state index >= 15 is 0 Å². The molecule has 0 spiro atoms. The Labute approximate surface area is 156 Å². The molecule has 0 fully saturated rings. The van der Waals surface area contributed by atoms with Gasteiger partial charge in [-0.15, -0.1) is 0 Å². The summed E-state index contributed by atoms with van der Waals surface area (Å²) in [6.07, 6.45) is 0.927. The fourth-order valence-electron chi connectivity index (χ4n) is 2.78. The fraction of sp³-hybridized carbons (Fsp3) is 0.364. The number of hydrogen-bond donors (Lipinski definition) is 2. The quantitative estimate of drug-likeness (QED) is 0.794. The van der Waals surface area contributed by atoms with E-state index in [1.54, 1.807) is 12.1 Å². The van der Waals surface area contributed by atoms with E-state index in [2.05, 4.69) is 17.6 Å². The van der Waals surface area contributed by atoms with Crippen LogP contribution in [0.5, 0.6) is 0 Å². The van der Waals surface area contributed by atoms with Crippen LogP contribution in [0.15, 0.2) is 54.6 Å². The first-order valence-electron chi connectivity index (χ1n) is 9.17. The molecule has 138 valence electrons. The predicted molar refractivity (Wildman–Crippen MR) is 105 cm³/mol. The molecule has 0 radical (unpaired) electrons. The van der Waals surface area contributed by atoms with E-state index in [0.717, 1.165) is 12.0 Å². The van der Waals surface area contributed by atoms with Crippen LogP contribution in [-0.4, -0.2) is 17.9 Å². The summed E-state index contributed by atoms with van der Waals surface area (Å²) in [4.78, 5) is 25.2. The van der Waals surface area contributed by atoms with Crippen molar-refractivity contribution in [3.05, 3.63) is 71.3 Å². The highest BCUT2D eigenvalue weighted by Gasteiger charge is 2.25. The smallest absolute Gasteiger partial charge is 0.251 e. The van der Waals surface area contributed by atoms with Gasteiger partial charge in [0.2, 0.25) is 5.91 Å². The summed E-state index contributed by atoms with van der Waals surface area (Å²) < 4.78 is 0. The first-order valence-corrected chi connectivity index (χ1v) is 9.17. The van der Waals surface area contributed by atoms with Gasteiger partial charge >= 0.3 is 0 Å². The second-order valence-electron chi connectivity index (χ2n) is 6.89. The van der Waals surface area contributed by atoms with Crippen LogP contribution < -0.4 is 10.6 Å². The lowest BCUT2D eigenvalue weighted by Crippen LogP contribution is -2.50. The average molecular weight is 352 g/mol. The summed E-state index contributed by atoms with van der Waals surface area (Å²) in [6.45, 7) is 7.87. The van der Waals surface area contributed by atoms with Gasteiger partial charge in [0.05, 0.1) is 6.04 Å². The first-order chi connectivity index (χ1) is 12.4. The van der Waals surface area contributed by atoms with E-state index in [-0.39, 0.29) is 23.8 Å². The molecule has 4 heteroatoms. The highest BCUT2D eigenvalue weighted by molar-refractivity contribution is 5.97.